The molecule has 232 valence electrons. The third-order valence-electron chi connectivity index (χ3n) is 8.48. The number of halogens is 1. The minimum absolute atomic E-state index is 0.568. The molecule has 0 N–H and O–H groups in total. The highest BCUT2D eigenvalue weighted by molar-refractivity contribution is 9.10. The zero-order valence-electron chi connectivity index (χ0n) is 26.4. The van der Waals surface area contributed by atoms with Crippen LogP contribution in [-0.2, 0) is 0 Å². The van der Waals surface area contributed by atoms with Crippen molar-refractivity contribution >= 4 is 15.9 Å². The SMILES string of the molecule is Brc1ccccc1-c1ccc(-c2ccc(-c3nc(-c4cccc(-c5ccccc5)c4)nc(-c4cccc(-c5ccccc5)c4)n3)cn2)cc1. The minimum atomic E-state index is 0.568. The van der Waals surface area contributed by atoms with Gasteiger partial charge < -0.3 is 0 Å². The van der Waals surface area contributed by atoms with Crippen LogP contribution in [0.15, 0.2) is 181 Å². The van der Waals surface area contributed by atoms with Crippen LogP contribution in [-0.4, -0.2) is 19.9 Å². The number of hydrogen-bond acceptors (Lipinski definition) is 4. The second-order valence-electron chi connectivity index (χ2n) is 11.7. The maximum absolute atomic E-state index is 5.03. The molecule has 8 aromatic rings. The largest absolute Gasteiger partial charge is 0.255 e. The second-order valence-corrected chi connectivity index (χ2v) is 12.5. The smallest absolute Gasteiger partial charge is 0.165 e. The van der Waals surface area contributed by atoms with Crippen molar-refractivity contribution in [3.63, 3.8) is 0 Å². The van der Waals surface area contributed by atoms with Gasteiger partial charge in [0.05, 0.1) is 5.69 Å². The van der Waals surface area contributed by atoms with Gasteiger partial charge in [0.2, 0.25) is 0 Å². The van der Waals surface area contributed by atoms with Gasteiger partial charge in [-0.15, -0.1) is 0 Å². The Hall–Kier alpha value is -6.04. The lowest BCUT2D eigenvalue weighted by Crippen LogP contribution is -2.01. The summed E-state index contributed by atoms with van der Waals surface area (Å²) in [6, 6.07) is 58.2. The first-order valence-corrected chi connectivity index (χ1v) is 16.9. The number of pyridine rings is 1. The molecule has 0 saturated carbocycles. The first-order valence-electron chi connectivity index (χ1n) is 16.1. The van der Waals surface area contributed by atoms with Crippen LogP contribution in [0.4, 0.5) is 0 Å². The lowest BCUT2D eigenvalue weighted by atomic mass is 10.0. The number of benzene rings is 6. The Morgan fingerprint density at radius 2 is 0.776 bits per heavy atom. The van der Waals surface area contributed by atoms with Crippen LogP contribution in [0, 0.1) is 0 Å². The maximum atomic E-state index is 5.03. The van der Waals surface area contributed by atoms with Gasteiger partial charge in [-0.3, -0.25) is 4.98 Å². The van der Waals surface area contributed by atoms with Crippen LogP contribution >= 0.6 is 15.9 Å². The van der Waals surface area contributed by atoms with E-state index in [9.17, 15) is 0 Å². The molecule has 0 aliphatic heterocycles. The summed E-state index contributed by atoms with van der Waals surface area (Å²) in [7, 11) is 0. The molecule has 0 bridgehead atoms. The van der Waals surface area contributed by atoms with Crippen molar-refractivity contribution in [3.05, 3.63) is 181 Å². The fraction of sp³-hybridized carbons (Fsp3) is 0. The summed E-state index contributed by atoms with van der Waals surface area (Å²) < 4.78 is 1.07. The average molecular weight is 694 g/mol. The molecule has 0 atom stereocenters. The molecule has 0 unspecified atom stereocenters. The molecule has 2 aromatic heterocycles. The summed E-state index contributed by atoms with van der Waals surface area (Å²) in [4.78, 5) is 19.9. The van der Waals surface area contributed by atoms with Crippen LogP contribution in [0.1, 0.15) is 0 Å². The third kappa shape index (κ3) is 6.57. The zero-order valence-corrected chi connectivity index (χ0v) is 28.0. The van der Waals surface area contributed by atoms with E-state index in [4.69, 9.17) is 19.9 Å². The van der Waals surface area contributed by atoms with E-state index < -0.39 is 0 Å². The van der Waals surface area contributed by atoms with Crippen molar-refractivity contribution in [2.45, 2.75) is 0 Å². The highest BCUT2D eigenvalue weighted by Crippen LogP contribution is 2.32. The van der Waals surface area contributed by atoms with E-state index in [2.05, 4.69) is 125 Å². The monoisotopic (exact) mass is 692 g/mol. The fourth-order valence-electron chi connectivity index (χ4n) is 5.91. The van der Waals surface area contributed by atoms with Crippen LogP contribution in [0.25, 0.3) is 78.8 Å². The molecule has 2 heterocycles. The highest BCUT2D eigenvalue weighted by atomic mass is 79.9. The molecule has 49 heavy (non-hydrogen) atoms. The zero-order chi connectivity index (χ0) is 33.0. The molecule has 4 nitrogen and oxygen atoms in total. The van der Waals surface area contributed by atoms with E-state index in [0.29, 0.717) is 17.5 Å². The van der Waals surface area contributed by atoms with Gasteiger partial charge in [0.1, 0.15) is 0 Å². The van der Waals surface area contributed by atoms with E-state index in [1.807, 2.05) is 66.9 Å². The molecule has 0 radical (unpaired) electrons. The lowest BCUT2D eigenvalue weighted by molar-refractivity contribution is 1.07. The van der Waals surface area contributed by atoms with E-state index in [0.717, 1.165) is 65.8 Å². The number of nitrogens with zero attached hydrogens (tertiary/aromatic N) is 4. The first-order chi connectivity index (χ1) is 24.2. The van der Waals surface area contributed by atoms with Gasteiger partial charge in [-0.25, -0.2) is 15.0 Å². The standard InChI is InChI=1S/C44H29BrN4/c45-40-20-8-7-19-39(40)32-21-23-33(24-22-32)41-26-25-38(29-46-41)44-48-42(36-17-9-15-34(27-36)30-11-3-1-4-12-30)47-43(49-44)37-18-10-16-35(28-37)31-13-5-2-6-14-31/h1-29H. The molecule has 0 spiro atoms. The van der Waals surface area contributed by atoms with Gasteiger partial charge >= 0.3 is 0 Å². The number of aromatic nitrogens is 4. The molecule has 5 heteroatoms. The molecule has 0 saturated heterocycles. The summed E-state index contributed by atoms with van der Waals surface area (Å²) in [6.07, 6.45) is 1.85. The Morgan fingerprint density at radius 1 is 0.327 bits per heavy atom. The van der Waals surface area contributed by atoms with Gasteiger partial charge in [0.15, 0.2) is 17.5 Å². The number of hydrogen-bond donors (Lipinski definition) is 0. The molecule has 0 aliphatic carbocycles. The molecular formula is C44H29BrN4. The van der Waals surface area contributed by atoms with Crippen molar-refractivity contribution < 1.29 is 0 Å². The van der Waals surface area contributed by atoms with Crippen molar-refractivity contribution in [1.82, 2.24) is 19.9 Å². The van der Waals surface area contributed by atoms with E-state index >= 15 is 0 Å². The van der Waals surface area contributed by atoms with Gasteiger partial charge in [-0.2, -0.15) is 0 Å². The predicted octanol–water partition coefficient (Wildman–Crippen LogP) is 11.7. The molecule has 8 rings (SSSR count). The van der Waals surface area contributed by atoms with Crippen LogP contribution < -0.4 is 0 Å². The summed E-state index contributed by atoms with van der Waals surface area (Å²) in [5.41, 5.74) is 11.3. The van der Waals surface area contributed by atoms with Gasteiger partial charge in [0, 0.05) is 32.9 Å². The van der Waals surface area contributed by atoms with Gasteiger partial charge in [-0.05, 0) is 63.7 Å². The minimum Gasteiger partial charge on any atom is -0.255 e. The van der Waals surface area contributed by atoms with E-state index in [-0.39, 0.29) is 0 Å². The number of rotatable bonds is 7. The van der Waals surface area contributed by atoms with Crippen molar-refractivity contribution in [2.75, 3.05) is 0 Å². The van der Waals surface area contributed by atoms with Gasteiger partial charge in [0.25, 0.3) is 0 Å². The Bertz CT molecular complexity index is 2270. The summed E-state index contributed by atoms with van der Waals surface area (Å²) in [5, 5.41) is 0. The van der Waals surface area contributed by atoms with E-state index in [1.54, 1.807) is 0 Å². The van der Waals surface area contributed by atoms with Crippen molar-refractivity contribution in [1.29, 1.82) is 0 Å². The Balaban J connectivity index is 1.18. The fourth-order valence-corrected chi connectivity index (χ4v) is 6.43. The quantitative estimate of drug-likeness (QED) is 0.167. The highest BCUT2D eigenvalue weighted by Gasteiger charge is 2.15. The predicted molar refractivity (Wildman–Crippen MR) is 203 cm³/mol. The molecule has 0 aliphatic rings. The molecule has 0 amide bonds. The van der Waals surface area contributed by atoms with E-state index in [1.165, 1.54) is 0 Å². The first kappa shape index (κ1) is 30.3. The Labute approximate surface area is 294 Å². The summed E-state index contributed by atoms with van der Waals surface area (Å²) in [6.45, 7) is 0. The molecular weight excluding hydrogens is 664 g/mol. The van der Waals surface area contributed by atoms with Crippen LogP contribution in [0.2, 0.25) is 0 Å². The van der Waals surface area contributed by atoms with Gasteiger partial charge in [-0.1, -0.05) is 155 Å². The summed E-state index contributed by atoms with van der Waals surface area (Å²) in [5.74, 6) is 1.78. The lowest BCUT2D eigenvalue weighted by Gasteiger charge is -2.11. The summed E-state index contributed by atoms with van der Waals surface area (Å²) >= 11 is 3.67. The topological polar surface area (TPSA) is 51.6 Å². The third-order valence-corrected chi connectivity index (χ3v) is 9.17. The van der Waals surface area contributed by atoms with Crippen LogP contribution in [0.5, 0.6) is 0 Å². The Morgan fingerprint density at radius 3 is 1.31 bits per heavy atom. The normalized spacial score (nSPS) is 11.0. The molecule has 0 fully saturated rings. The second kappa shape index (κ2) is 13.6. The molecule has 6 aromatic carbocycles. The van der Waals surface area contributed by atoms with Crippen LogP contribution in [0.3, 0.4) is 0 Å². The maximum Gasteiger partial charge on any atom is 0.165 e. The van der Waals surface area contributed by atoms with Crippen molar-refractivity contribution in [2.24, 2.45) is 0 Å². The average Bonchev–Trinajstić information content (AvgIpc) is 3.19. The van der Waals surface area contributed by atoms with Crippen molar-refractivity contribution in [3.8, 4) is 78.8 Å². The Kier molecular flexibility index (Phi) is 8.41.